The van der Waals surface area contributed by atoms with Gasteiger partial charge in [0.1, 0.15) is 0 Å². The number of rotatable bonds is 5. The van der Waals surface area contributed by atoms with E-state index < -0.39 is 5.97 Å². The van der Waals surface area contributed by atoms with Crippen LogP contribution in [0.25, 0.3) is 0 Å². The quantitative estimate of drug-likeness (QED) is 0.885. The van der Waals surface area contributed by atoms with E-state index in [1.54, 1.807) is 4.90 Å². The maximum absolute atomic E-state index is 12.5. The standard InChI is InChI=1S/C14H20N2O3/c1-9(2)8-16(10(3)4)13(17)11-5-6-15-7-12(11)14(18)19/h5-7,9-10H,8H2,1-4H3,(H,18,19). The van der Waals surface area contributed by atoms with Crippen molar-refractivity contribution in [3.8, 4) is 0 Å². The summed E-state index contributed by atoms with van der Waals surface area (Å²) in [4.78, 5) is 29.1. The van der Waals surface area contributed by atoms with E-state index in [1.165, 1.54) is 18.5 Å². The van der Waals surface area contributed by atoms with Gasteiger partial charge in [-0.2, -0.15) is 0 Å². The molecule has 0 unspecified atom stereocenters. The summed E-state index contributed by atoms with van der Waals surface area (Å²) in [6, 6.07) is 1.48. The number of nitrogens with zero attached hydrogens (tertiary/aromatic N) is 2. The predicted molar refractivity (Wildman–Crippen MR) is 72.2 cm³/mol. The third kappa shape index (κ3) is 3.77. The Labute approximate surface area is 113 Å². The van der Waals surface area contributed by atoms with E-state index in [2.05, 4.69) is 4.98 Å². The van der Waals surface area contributed by atoms with Crippen LogP contribution in [0.5, 0.6) is 0 Å². The van der Waals surface area contributed by atoms with Gasteiger partial charge in [0, 0.05) is 25.0 Å². The molecule has 0 saturated carbocycles. The van der Waals surface area contributed by atoms with Gasteiger partial charge in [-0.1, -0.05) is 13.8 Å². The van der Waals surface area contributed by atoms with Crippen LogP contribution in [0.3, 0.4) is 0 Å². The Hall–Kier alpha value is -1.91. The number of aromatic nitrogens is 1. The minimum absolute atomic E-state index is 0.0183. The van der Waals surface area contributed by atoms with Gasteiger partial charge in [0.05, 0.1) is 11.1 Å². The van der Waals surface area contributed by atoms with Crippen molar-refractivity contribution < 1.29 is 14.7 Å². The Bertz CT molecular complexity index is 470. The van der Waals surface area contributed by atoms with Crippen LogP contribution in [0.2, 0.25) is 0 Å². The normalized spacial score (nSPS) is 10.8. The van der Waals surface area contributed by atoms with Gasteiger partial charge in [0.15, 0.2) is 0 Å². The molecular formula is C14H20N2O3. The average molecular weight is 264 g/mol. The fraction of sp³-hybridized carbons (Fsp3) is 0.500. The number of carbonyl (C=O) groups is 2. The number of hydrogen-bond acceptors (Lipinski definition) is 3. The molecule has 0 aliphatic carbocycles. The molecule has 5 nitrogen and oxygen atoms in total. The van der Waals surface area contributed by atoms with Gasteiger partial charge in [0.2, 0.25) is 0 Å². The zero-order chi connectivity index (χ0) is 14.6. The second-order valence-corrected chi connectivity index (χ2v) is 5.17. The SMILES string of the molecule is CC(C)CN(C(=O)c1ccncc1C(=O)O)C(C)C. The number of hydrogen-bond donors (Lipinski definition) is 1. The van der Waals surface area contributed by atoms with Gasteiger partial charge in [0.25, 0.3) is 5.91 Å². The number of aromatic carboxylic acids is 1. The van der Waals surface area contributed by atoms with Crippen molar-refractivity contribution in [1.29, 1.82) is 0 Å². The molecule has 0 saturated heterocycles. The van der Waals surface area contributed by atoms with Crippen molar-refractivity contribution in [2.75, 3.05) is 6.54 Å². The van der Waals surface area contributed by atoms with Crippen LogP contribution in [0.1, 0.15) is 48.4 Å². The molecule has 1 heterocycles. The lowest BCUT2D eigenvalue weighted by atomic mass is 10.1. The molecule has 1 aromatic heterocycles. The number of amides is 1. The van der Waals surface area contributed by atoms with Crippen LogP contribution in [0.15, 0.2) is 18.5 Å². The van der Waals surface area contributed by atoms with Gasteiger partial charge < -0.3 is 10.0 Å². The average Bonchev–Trinajstić information content (AvgIpc) is 2.34. The molecule has 19 heavy (non-hydrogen) atoms. The molecule has 0 fully saturated rings. The lowest BCUT2D eigenvalue weighted by molar-refractivity contribution is 0.0645. The Kier molecular flexibility index (Phi) is 5.03. The Balaban J connectivity index is 3.13. The van der Waals surface area contributed by atoms with Crippen molar-refractivity contribution in [2.24, 2.45) is 5.92 Å². The highest BCUT2D eigenvalue weighted by atomic mass is 16.4. The van der Waals surface area contributed by atoms with Crippen LogP contribution in [-0.2, 0) is 0 Å². The lowest BCUT2D eigenvalue weighted by Gasteiger charge is -2.29. The summed E-state index contributed by atoms with van der Waals surface area (Å²) in [5, 5.41) is 9.11. The van der Waals surface area contributed by atoms with Crippen molar-refractivity contribution in [3.63, 3.8) is 0 Å². The molecule has 0 bridgehead atoms. The smallest absolute Gasteiger partial charge is 0.338 e. The fourth-order valence-electron chi connectivity index (χ4n) is 1.83. The van der Waals surface area contributed by atoms with E-state index in [1.807, 2.05) is 27.7 Å². The molecule has 5 heteroatoms. The largest absolute Gasteiger partial charge is 0.478 e. The maximum atomic E-state index is 12.5. The molecule has 1 N–H and O–H groups in total. The molecule has 1 rings (SSSR count). The Morgan fingerprint density at radius 2 is 1.89 bits per heavy atom. The number of carbonyl (C=O) groups excluding carboxylic acids is 1. The third-order valence-electron chi connectivity index (χ3n) is 2.73. The second-order valence-electron chi connectivity index (χ2n) is 5.17. The van der Waals surface area contributed by atoms with E-state index in [4.69, 9.17) is 5.11 Å². The number of pyridine rings is 1. The highest BCUT2D eigenvalue weighted by molar-refractivity contribution is 6.04. The summed E-state index contributed by atoms with van der Waals surface area (Å²) in [5.41, 5.74) is 0.138. The molecule has 0 spiro atoms. The van der Waals surface area contributed by atoms with E-state index in [9.17, 15) is 9.59 Å². The third-order valence-corrected chi connectivity index (χ3v) is 2.73. The minimum atomic E-state index is -1.13. The lowest BCUT2D eigenvalue weighted by Crippen LogP contribution is -2.40. The molecule has 0 aliphatic heterocycles. The number of carboxylic acids is 1. The summed E-state index contributed by atoms with van der Waals surface area (Å²) in [7, 11) is 0. The maximum Gasteiger partial charge on any atom is 0.338 e. The van der Waals surface area contributed by atoms with Gasteiger partial charge >= 0.3 is 5.97 Å². The van der Waals surface area contributed by atoms with Gasteiger partial charge in [-0.05, 0) is 25.8 Å². The molecular weight excluding hydrogens is 244 g/mol. The first kappa shape index (κ1) is 15.1. The molecule has 104 valence electrons. The fourth-order valence-corrected chi connectivity index (χ4v) is 1.83. The Morgan fingerprint density at radius 3 is 2.37 bits per heavy atom. The Morgan fingerprint density at radius 1 is 1.26 bits per heavy atom. The molecule has 0 atom stereocenters. The van der Waals surface area contributed by atoms with E-state index in [0.717, 1.165) is 0 Å². The molecule has 0 radical (unpaired) electrons. The topological polar surface area (TPSA) is 70.5 Å². The zero-order valence-electron chi connectivity index (χ0n) is 11.8. The summed E-state index contributed by atoms with van der Waals surface area (Å²) < 4.78 is 0. The van der Waals surface area contributed by atoms with Crippen molar-refractivity contribution in [1.82, 2.24) is 9.88 Å². The monoisotopic (exact) mass is 264 g/mol. The minimum Gasteiger partial charge on any atom is -0.478 e. The first-order chi connectivity index (χ1) is 8.84. The van der Waals surface area contributed by atoms with Crippen molar-refractivity contribution >= 4 is 11.9 Å². The summed E-state index contributed by atoms with van der Waals surface area (Å²) >= 11 is 0. The highest BCUT2D eigenvalue weighted by Crippen LogP contribution is 2.14. The van der Waals surface area contributed by atoms with E-state index in [0.29, 0.717) is 12.5 Å². The zero-order valence-corrected chi connectivity index (χ0v) is 11.8. The number of carboxylic acid groups (broad SMARTS) is 1. The second kappa shape index (κ2) is 6.31. The van der Waals surface area contributed by atoms with Gasteiger partial charge in [-0.25, -0.2) is 4.79 Å². The molecule has 1 amide bonds. The first-order valence-corrected chi connectivity index (χ1v) is 6.32. The predicted octanol–water partition coefficient (Wildman–Crippen LogP) is 2.29. The van der Waals surface area contributed by atoms with Crippen molar-refractivity contribution in [3.05, 3.63) is 29.6 Å². The van der Waals surface area contributed by atoms with Gasteiger partial charge in [-0.15, -0.1) is 0 Å². The molecule has 0 aromatic carbocycles. The van der Waals surface area contributed by atoms with Crippen LogP contribution < -0.4 is 0 Å². The summed E-state index contributed by atoms with van der Waals surface area (Å²) in [5.74, 6) is -1.07. The summed E-state index contributed by atoms with van der Waals surface area (Å²) in [6.07, 6.45) is 2.65. The van der Waals surface area contributed by atoms with Crippen LogP contribution >= 0.6 is 0 Å². The van der Waals surface area contributed by atoms with Crippen LogP contribution in [0.4, 0.5) is 0 Å². The van der Waals surface area contributed by atoms with Crippen LogP contribution in [0, 0.1) is 5.92 Å². The first-order valence-electron chi connectivity index (χ1n) is 6.32. The molecule has 0 aliphatic rings. The highest BCUT2D eigenvalue weighted by Gasteiger charge is 2.24. The van der Waals surface area contributed by atoms with Crippen molar-refractivity contribution in [2.45, 2.75) is 33.7 Å². The summed E-state index contributed by atoms with van der Waals surface area (Å²) in [6.45, 7) is 8.47. The van der Waals surface area contributed by atoms with E-state index >= 15 is 0 Å². The van der Waals surface area contributed by atoms with Gasteiger partial charge in [-0.3, -0.25) is 9.78 Å². The van der Waals surface area contributed by atoms with Crippen LogP contribution in [-0.4, -0.2) is 39.5 Å². The van der Waals surface area contributed by atoms with E-state index in [-0.39, 0.29) is 23.1 Å². The molecule has 1 aromatic rings.